The second kappa shape index (κ2) is 6.24. The maximum atomic E-state index is 3.43. The van der Waals surface area contributed by atoms with Crippen molar-refractivity contribution in [2.75, 3.05) is 46.3 Å². The van der Waals surface area contributed by atoms with Crippen molar-refractivity contribution in [1.29, 1.82) is 0 Å². The molecule has 3 nitrogen and oxygen atoms in total. The lowest BCUT2D eigenvalue weighted by Gasteiger charge is -2.28. The number of rotatable bonds is 1. The molecule has 0 amide bonds. The maximum absolute atomic E-state index is 3.43. The number of nitrogens with one attached hydrogen (secondary N) is 1. The van der Waals surface area contributed by atoms with E-state index >= 15 is 0 Å². The fraction of sp³-hybridized carbons (Fsp3) is 0.846. The summed E-state index contributed by atoms with van der Waals surface area (Å²) in [6.45, 7) is 6.69. The molecule has 1 atom stereocenters. The van der Waals surface area contributed by atoms with E-state index in [1.165, 1.54) is 25.8 Å². The van der Waals surface area contributed by atoms with Gasteiger partial charge in [0.05, 0.1) is 12.6 Å². The lowest BCUT2D eigenvalue weighted by molar-refractivity contribution is 0.228. The summed E-state index contributed by atoms with van der Waals surface area (Å²) in [6, 6.07) is 0.511. The van der Waals surface area contributed by atoms with E-state index in [-0.39, 0.29) is 0 Å². The van der Waals surface area contributed by atoms with E-state index in [0.29, 0.717) is 6.04 Å². The number of likely N-dealkylation sites (tertiary alicyclic amines) is 1. The molecule has 2 aliphatic heterocycles. The highest BCUT2D eigenvalue weighted by atomic mass is 15.2. The zero-order valence-electron chi connectivity index (χ0n) is 10.3. The highest BCUT2D eigenvalue weighted by molar-refractivity contribution is 5.10. The summed E-state index contributed by atoms with van der Waals surface area (Å²) in [5.41, 5.74) is 0. The number of hydrogen-bond donors (Lipinski definition) is 1. The van der Waals surface area contributed by atoms with Crippen LogP contribution in [-0.2, 0) is 0 Å². The Labute approximate surface area is 99.2 Å². The number of piperidine rings is 1. The molecular weight excluding hydrogens is 198 g/mol. The van der Waals surface area contributed by atoms with Gasteiger partial charge in [0.2, 0.25) is 0 Å². The first-order valence-electron chi connectivity index (χ1n) is 6.48. The van der Waals surface area contributed by atoms with E-state index in [1.54, 1.807) is 0 Å². The van der Waals surface area contributed by atoms with Gasteiger partial charge in [0, 0.05) is 26.2 Å². The highest BCUT2D eigenvalue weighted by Gasteiger charge is 2.16. The van der Waals surface area contributed by atoms with Crippen molar-refractivity contribution >= 4 is 0 Å². The second-order valence-electron chi connectivity index (χ2n) is 4.84. The summed E-state index contributed by atoms with van der Waals surface area (Å²) in [5, 5.41) is 3.36. The summed E-state index contributed by atoms with van der Waals surface area (Å²) >= 11 is 0. The van der Waals surface area contributed by atoms with Crippen LogP contribution in [0.2, 0.25) is 0 Å². The van der Waals surface area contributed by atoms with E-state index in [0.717, 1.165) is 32.7 Å². The monoisotopic (exact) mass is 221 g/mol. The predicted molar refractivity (Wildman–Crippen MR) is 67.4 cm³/mol. The van der Waals surface area contributed by atoms with Crippen molar-refractivity contribution in [3.05, 3.63) is 0 Å². The minimum absolute atomic E-state index is 0.511. The number of nitrogens with zero attached hydrogens (tertiary/aromatic N) is 2. The van der Waals surface area contributed by atoms with Gasteiger partial charge in [-0.1, -0.05) is 11.8 Å². The first-order chi connectivity index (χ1) is 7.86. The minimum atomic E-state index is 0.511. The van der Waals surface area contributed by atoms with Gasteiger partial charge in [-0.25, -0.2) is 0 Å². The molecule has 0 spiro atoms. The van der Waals surface area contributed by atoms with Gasteiger partial charge >= 0.3 is 0 Å². The fourth-order valence-electron chi connectivity index (χ4n) is 2.40. The topological polar surface area (TPSA) is 18.5 Å². The third-order valence-electron chi connectivity index (χ3n) is 3.55. The third-order valence-corrected chi connectivity index (χ3v) is 3.55. The van der Waals surface area contributed by atoms with Crippen LogP contribution in [0.15, 0.2) is 0 Å². The highest BCUT2D eigenvalue weighted by Crippen LogP contribution is 2.13. The summed E-state index contributed by atoms with van der Waals surface area (Å²) in [4.78, 5) is 4.83. The van der Waals surface area contributed by atoms with Gasteiger partial charge in [-0.3, -0.25) is 9.80 Å². The normalized spacial score (nSPS) is 28.4. The van der Waals surface area contributed by atoms with Crippen molar-refractivity contribution in [2.45, 2.75) is 25.3 Å². The SMILES string of the molecule is CN1CCCCC1C#CCN1CCNCC1. The van der Waals surface area contributed by atoms with Crippen LogP contribution in [0, 0.1) is 11.8 Å². The molecule has 1 unspecified atom stereocenters. The van der Waals surface area contributed by atoms with Crippen LogP contribution in [0.4, 0.5) is 0 Å². The van der Waals surface area contributed by atoms with Gasteiger partial charge in [0.25, 0.3) is 0 Å². The molecule has 0 aliphatic carbocycles. The average molecular weight is 221 g/mol. The van der Waals surface area contributed by atoms with E-state index in [2.05, 4.69) is 34.0 Å². The van der Waals surface area contributed by atoms with Crippen LogP contribution in [0.3, 0.4) is 0 Å². The van der Waals surface area contributed by atoms with Crippen LogP contribution < -0.4 is 5.32 Å². The van der Waals surface area contributed by atoms with E-state index < -0.39 is 0 Å². The summed E-state index contributed by atoms with van der Waals surface area (Å²) < 4.78 is 0. The molecule has 2 aliphatic rings. The Morgan fingerprint density at radius 1 is 1.19 bits per heavy atom. The molecule has 0 saturated carbocycles. The molecule has 2 rings (SSSR count). The quantitative estimate of drug-likeness (QED) is 0.646. The van der Waals surface area contributed by atoms with Crippen LogP contribution >= 0.6 is 0 Å². The minimum Gasteiger partial charge on any atom is -0.314 e. The molecule has 90 valence electrons. The first-order valence-corrected chi connectivity index (χ1v) is 6.48. The Hall–Kier alpha value is -0.560. The average Bonchev–Trinajstić information content (AvgIpc) is 2.33. The van der Waals surface area contributed by atoms with Crippen molar-refractivity contribution in [3.8, 4) is 11.8 Å². The van der Waals surface area contributed by atoms with Crippen molar-refractivity contribution in [3.63, 3.8) is 0 Å². The summed E-state index contributed by atoms with van der Waals surface area (Å²) in [7, 11) is 2.20. The summed E-state index contributed by atoms with van der Waals surface area (Å²) in [5.74, 6) is 6.79. The third kappa shape index (κ3) is 3.48. The van der Waals surface area contributed by atoms with Crippen molar-refractivity contribution < 1.29 is 0 Å². The molecule has 0 aromatic carbocycles. The first kappa shape index (κ1) is 11.9. The van der Waals surface area contributed by atoms with Crippen molar-refractivity contribution in [1.82, 2.24) is 15.1 Å². The largest absolute Gasteiger partial charge is 0.314 e. The molecule has 0 radical (unpaired) electrons. The van der Waals surface area contributed by atoms with Gasteiger partial charge in [-0.2, -0.15) is 0 Å². The predicted octanol–water partition coefficient (Wildman–Crippen LogP) is 0.379. The molecule has 2 fully saturated rings. The molecule has 2 heterocycles. The number of hydrogen-bond acceptors (Lipinski definition) is 3. The lowest BCUT2D eigenvalue weighted by atomic mass is 10.0. The van der Waals surface area contributed by atoms with Crippen LogP contribution in [0.25, 0.3) is 0 Å². The Kier molecular flexibility index (Phi) is 4.65. The standard InChI is InChI=1S/C13H23N3/c1-15-9-3-2-5-13(15)6-4-10-16-11-7-14-8-12-16/h13-14H,2-3,5,7-12H2,1H3. The maximum Gasteiger partial charge on any atom is 0.0712 e. The van der Waals surface area contributed by atoms with E-state index in [1.807, 2.05) is 0 Å². The molecule has 1 N–H and O–H groups in total. The zero-order chi connectivity index (χ0) is 11.2. The van der Waals surface area contributed by atoms with Gasteiger partial charge in [0.1, 0.15) is 0 Å². The Morgan fingerprint density at radius 2 is 2.00 bits per heavy atom. The van der Waals surface area contributed by atoms with Gasteiger partial charge in [-0.15, -0.1) is 0 Å². The fourth-order valence-corrected chi connectivity index (χ4v) is 2.40. The Morgan fingerprint density at radius 3 is 2.75 bits per heavy atom. The molecule has 3 heteroatoms. The Balaban J connectivity index is 1.75. The van der Waals surface area contributed by atoms with Crippen LogP contribution in [0.1, 0.15) is 19.3 Å². The Bertz CT molecular complexity index is 260. The van der Waals surface area contributed by atoms with Crippen molar-refractivity contribution in [2.24, 2.45) is 0 Å². The molecule has 0 bridgehead atoms. The number of piperazine rings is 1. The van der Waals surface area contributed by atoms with Gasteiger partial charge in [0.15, 0.2) is 0 Å². The molecule has 0 aromatic rings. The molecule has 0 aromatic heterocycles. The zero-order valence-corrected chi connectivity index (χ0v) is 10.3. The van der Waals surface area contributed by atoms with Gasteiger partial charge in [-0.05, 0) is 32.9 Å². The second-order valence-corrected chi connectivity index (χ2v) is 4.84. The summed E-state index contributed by atoms with van der Waals surface area (Å²) in [6.07, 6.45) is 3.94. The van der Waals surface area contributed by atoms with Crippen LogP contribution in [0.5, 0.6) is 0 Å². The molecule has 2 saturated heterocycles. The molecule has 16 heavy (non-hydrogen) atoms. The lowest BCUT2D eigenvalue weighted by Crippen LogP contribution is -2.43. The van der Waals surface area contributed by atoms with Gasteiger partial charge < -0.3 is 5.32 Å². The van der Waals surface area contributed by atoms with E-state index in [9.17, 15) is 0 Å². The molecular formula is C13H23N3. The smallest absolute Gasteiger partial charge is 0.0712 e. The van der Waals surface area contributed by atoms with E-state index in [4.69, 9.17) is 0 Å². The van der Waals surface area contributed by atoms with Crippen LogP contribution in [-0.4, -0.2) is 62.2 Å².